The van der Waals surface area contributed by atoms with E-state index in [0.717, 1.165) is 56.5 Å². The second kappa shape index (κ2) is 14.0. The lowest BCUT2D eigenvalue weighted by Crippen LogP contribution is -1.98. The monoisotopic (exact) mass is 680 g/mol. The molecule has 9 aromatic rings. The van der Waals surface area contributed by atoms with Gasteiger partial charge in [-0.1, -0.05) is 128 Å². The van der Waals surface area contributed by atoms with Crippen molar-refractivity contribution in [3.8, 4) is 50.2 Å². The number of fused-ring (bicyclic) bond motifs is 3. The number of aromatic nitrogens is 3. The van der Waals surface area contributed by atoms with Gasteiger partial charge in [0.05, 0.1) is 5.69 Å². The first kappa shape index (κ1) is 32.0. The number of hydrogen-bond donors (Lipinski definition) is 0. The molecule has 1 heterocycles. The Morgan fingerprint density at radius 3 is 1.79 bits per heavy atom. The second-order valence-corrected chi connectivity index (χ2v) is 13.3. The highest BCUT2D eigenvalue weighted by Gasteiger charge is 2.19. The minimum absolute atomic E-state index is 0.828. The predicted molar refractivity (Wildman–Crippen MR) is 223 cm³/mol. The molecule has 1 aromatic heterocycles. The maximum Gasteiger partial charge on any atom is 0.121 e. The van der Waals surface area contributed by atoms with E-state index in [1.807, 2.05) is 30.6 Å². The summed E-state index contributed by atoms with van der Waals surface area (Å²) in [7, 11) is 0. The summed E-state index contributed by atoms with van der Waals surface area (Å²) in [5.74, 6) is 0. The van der Waals surface area contributed by atoms with Crippen molar-refractivity contribution in [2.24, 2.45) is 4.99 Å². The molecule has 0 fully saturated rings. The third-order valence-corrected chi connectivity index (χ3v) is 9.77. The molecule has 0 unspecified atom stereocenters. The van der Waals surface area contributed by atoms with Gasteiger partial charge in [-0.15, -0.1) is 10.2 Å². The molecule has 252 valence electrons. The van der Waals surface area contributed by atoms with Crippen LogP contribution in [0.2, 0.25) is 0 Å². The zero-order valence-corrected chi connectivity index (χ0v) is 29.4. The molecule has 0 amide bonds. The number of benzene rings is 8. The SMILES string of the molecule is CC/C=N\C=C\c1cccc(-n2nc3cc(-c4cc(-c5ccccc5)cc5ccccc45)cc(-c4cc(-c5ccccc5)cc5ccccc45)c3n2)c1. The van der Waals surface area contributed by atoms with Gasteiger partial charge in [-0.2, -0.15) is 4.80 Å². The van der Waals surface area contributed by atoms with E-state index < -0.39 is 0 Å². The summed E-state index contributed by atoms with van der Waals surface area (Å²) in [5, 5.41) is 15.1. The van der Waals surface area contributed by atoms with Gasteiger partial charge in [0, 0.05) is 18.0 Å². The summed E-state index contributed by atoms with van der Waals surface area (Å²) in [6.45, 7) is 2.08. The molecule has 0 N–H and O–H groups in total. The van der Waals surface area contributed by atoms with Crippen molar-refractivity contribution in [3.05, 3.63) is 182 Å². The minimum Gasteiger partial charge on any atom is -0.269 e. The quantitative estimate of drug-likeness (QED) is 0.150. The van der Waals surface area contributed by atoms with Crippen molar-refractivity contribution >= 4 is 44.9 Å². The molecule has 9 rings (SSSR count). The molecule has 0 spiro atoms. The van der Waals surface area contributed by atoms with Crippen molar-refractivity contribution in [2.45, 2.75) is 13.3 Å². The van der Waals surface area contributed by atoms with Crippen LogP contribution in [0.5, 0.6) is 0 Å². The summed E-state index contributed by atoms with van der Waals surface area (Å²) < 4.78 is 0. The molecule has 0 aliphatic carbocycles. The number of nitrogens with zero attached hydrogens (tertiary/aromatic N) is 4. The van der Waals surface area contributed by atoms with Crippen LogP contribution in [0.15, 0.2) is 181 Å². The lowest BCUT2D eigenvalue weighted by Gasteiger charge is -2.15. The topological polar surface area (TPSA) is 43.1 Å². The van der Waals surface area contributed by atoms with Crippen LogP contribution in [-0.4, -0.2) is 21.2 Å². The lowest BCUT2D eigenvalue weighted by molar-refractivity contribution is 0.765. The molecule has 0 aliphatic rings. The third kappa shape index (κ3) is 6.32. The van der Waals surface area contributed by atoms with Gasteiger partial charge in [0.1, 0.15) is 11.0 Å². The number of rotatable bonds is 8. The van der Waals surface area contributed by atoms with E-state index in [1.54, 1.807) is 4.80 Å². The van der Waals surface area contributed by atoms with Gasteiger partial charge < -0.3 is 0 Å². The molecule has 0 saturated heterocycles. The van der Waals surface area contributed by atoms with Crippen LogP contribution in [0.4, 0.5) is 0 Å². The Balaban J connectivity index is 1.31. The summed E-state index contributed by atoms with van der Waals surface area (Å²) in [6.07, 6.45) is 6.64. The molecule has 53 heavy (non-hydrogen) atoms. The van der Waals surface area contributed by atoms with Crippen LogP contribution in [-0.2, 0) is 0 Å². The van der Waals surface area contributed by atoms with Gasteiger partial charge in [0.2, 0.25) is 0 Å². The zero-order valence-electron chi connectivity index (χ0n) is 29.4. The fraction of sp³-hybridized carbons (Fsp3) is 0.0408. The fourth-order valence-corrected chi connectivity index (χ4v) is 7.22. The number of hydrogen-bond acceptors (Lipinski definition) is 3. The van der Waals surface area contributed by atoms with E-state index in [-0.39, 0.29) is 0 Å². The van der Waals surface area contributed by atoms with Crippen molar-refractivity contribution in [3.63, 3.8) is 0 Å². The van der Waals surface area contributed by atoms with Crippen molar-refractivity contribution in [1.82, 2.24) is 15.0 Å². The van der Waals surface area contributed by atoms with Crippen LogP contribution in [0, 0.1) is 0 Å². The van der Waals surface area contributed by atoms with Crippen LogP contribution in [0.1, 0.15) is 18.9 Å². The van der Waals surface area contributed by atoms with Gasteiger partial charge in [0.25, 0.3) is 0 Å². The maximum absolute atomic E-state index is 5.23. The molecular weight excluding hydrogens is 645 g/mol. The van der Waals surface area contributed by atoms with E-state index in [1.165, 1.54) is 38.2 Å². The van der Waals surface area contributed by atoms with Gasteiger partial charge in [-0.25, -0.2) is 0 Å². The molecule has 8 aromatic carbocycles. The maximum atomic E-state index is 5.23. The lowest BCUT2D eigenvalue weighted by atomic mass is 9.89. The predicted octanol–water partition coefficient (Wildman–Crippen LogP) is 12.8. The second-order valence-electron chi connectivity index (χ2n) is 13.3. The first-order valence-electron chi connectivity index (χ1n) is 18.1. The molecular formula is C49H36N4. The van der Waals surface area contributed by atoms with E-state index in [4.69, 9.17) is 10.2 Å². The van der Waals surface area contributed by atoms with Gasteiger partial charge in [-0.3, -0.25) is 4.99 Å². The Labute approximate surface area is 309 Å². The zero-order chi connectivity index (χ0) is 35.6. The number of aliphatic imine (C=N–C) groups is 1. The van der Waals surface area contributed by atoms with Gasteiger partial charge in [-0.05, 0) is 127 Å². The van der Waals surface area contributed by atoms with E-state index in [2.05, 4.69) is 170 Å². The first-order chi connectivity index (χ1) is 26.2. The van der Waals surface area contributed by atoms with Crippen molar-refractivity contribution in [1.29, 1.82) is 0 Å². The average molecular weight is 681 g/mol. The highest BCUT2D eigenvalue weighted by atomic mass is 15.5. The largest absolute Gasteiger partial charge is 0.269 e. The molecule has 0 radical (unpaired) electrons. The molecule has 4 nitrogen and oxygen atoms in total. The molecule has 0 saturated carbocycles. The van der Waals surface area contributed by atoms with Gasteiger partial charge in [0.15, 0.2) is 0 Å². The van der Waals surface area contributed by atoms with Crippen LogP contribution >= 0.6 is 0 Å². The molecule has 0 atom stereocenters. The fourth-order valence-electron chi connectivity index (χ4n) is 7.22. The van der Waals surface area contributed by atoms with E-state index >= 15 is 0 Å². The Kier molecular flexibility index (Phi) is 8.47. The Bertz CT molecular complexity index is 2810. The van der Waals surface area contributed by atoms with Crippen LogP contribution < -0.4 is 0 Å². The van der Waals surface area contributed by atoms with Crippen LogP contribution in [0.25, 0.3) is 88.8 Å². The Morgan fingerprint density at radius 1 is 0.509 bits per heavy atom. The highest BCUT2D eigenvalue weighted by Crippen LogP contribution is 2.41. The average Bonchev–Trinajstić information content (AvgIpc) is 3.67. The normalized spacial score (nSPS) is 11.8. The Hall–Kier alpha value is -6.91. The minimum atomic E-state index is 0.828. The van der Waals surface area contributed by atoms with Crippen molar-refractivity contribution < 1.29 is 0 Å². The van der Waals surface area contributed by atoms with Crippen molar-refractivity contribution in [2.75, 3.05) is 0 Å². The molecule has 0 aliphatic heterocycles. The summed E-state index contributed by atoms with van der Waals surface area (Å²) in [6, 6.07) is 60.5. The first-order valence-corrected chi connectivity index (χ1v) is 18.1. The Morgan fingerprint density at radius 2 is 1.11 bits per heavy atom. The summed E-state index contributed by atoms with van der Waals surface area (Å²) in [5.41, 5.74) is 12.7. The summed E-state index contributed by atoms with van der Waals surface area (Å²) in [4.78, 5) is 6.13. The molecule has 4 heteroatoms. The van der Waals surface area contributed by atoms with Crippen LogP contribution in [0.3, 0.4) is 0 Å². The van der Waals surface area contributed by atoms with Gasteiger partial charge >= 0.3 is 0 Å². The standard InChI is InChI=1S/C49H36N4/c1-2-25-50-26-24-34-14-13-21-42(27-34)53-51-48-33-41(45-30-39(35-15-5-3-6-16-35)28-37-19-9-11-22-43(37)45)32-47(49(48)52-53)46-31-40(36-17-7-4-8-18-36)29-38-20-10-12-23-44(38)46/h3-33H,2H2,1H3/b26-24+,50-25-. The van der Waals surface area contributed by atoms with E-state index in [0.29, 0.717) is 0 Å². The smallest absolute Gasteiger partial charge is 0.121 e. The third-order valence-electron chi connectivity index (χ3n) is 9.77. The highest BCUT2D eigenvalue weighted by molar-refractivity contribution is 6.09. The summed E-state index contributed by atoms with van der Waals surface area (Å²) >= 11 is 0. The molecule has 0 bridgehead atoms. The van der Waals surface area contributed by atoms with E-state index in [9.17, 15) is 0 Å².